The van der Waals surface area contributed by atoms with Crippen LogP contribution >= 0.6 is 12.4 Å². The van der Waals surface area contributed by atoms with Crippen molar-refractivity contribution in [3.05, 3.63) is 0 Å². The van der Waals surface area contributed by atoms with Gasteiger partial charge in [0.15, 0.2) is 5.60 Å². The van der Waals surface area contributed by atoms with Gasteiger partial charge in [0.25, 0.3) is 0 Å². The highest BCUT2D eigenvalue weighted by Gasteiger charge is 2.40. The highest BCUT2D eigenvalue weighted by Crippen LogP contribution is 2.15. The summed E-state index contributed by atoms with van der Waals surface area (Å²) in [4.78, 5) is 30.5. The number of rotatable bonds is 5. The van der Waals surface area contributed by atoms with Crippen LogP contribution in [0, 0.1) is 0 Å². The molecule has 0 bridgehead atoms. The second-order valence-electron chi connectivity index (χ2n) is 2.48. The summed E-state index contributed by atoms with van der Waals surface area (Å²) >= 11 is 0. The Morgan fingerprint density at radius 3 is 1.31 bits per heavy atom. The topological polar surface area (TPSA) is 178 Å². The van der Waals surface area contributed by atoms with Gasteiger partial charge in [-0.25, -0.2) is 10.7 Å². The van der Waals surface area contributed by atoms with E-state index < -0.39 is 36.4 Å². The minimum atomic E-state index is -2.74. The lowest BCUT2D eigenvalue weighted by molar-refractivity contribution is -0.170. The van der Waals surface area contributed by atoms with Crippen LogP contribution in [0.25, 0.3) is 0 Å². The predicted molar refractivity (Wildman–Crippen MR) is 50.3 cm³/mol. The lowest BCUT2D eigenvalue weighted by Gasteiger charge is -2.18. The third-order valence-corrected chi connectivity index (χ3v) is 1.29. The van der Waals surface area contributed by atoms with Crippen molar-refractivity contribution in [1.82, 2.24) is 0 Å². The van der Waals surface area contributed by atoms with Crippen LogP contribution < -0.4 is 5.90 Å². The first kappa shape index (κ1) is 20.1. The highest BCUT2D eigenvalue weighted by molar-refractivity contribution is 5.88. The van der Waals surface area contributed by atoms with Crippen molar-refractivity contribution in [2.75, 3.05) is 0 Å². The molecule has 10 heteroatoms. The third-order valence-electron chi connectivity index (χ3n) is 1.29. The van der Waals surface area contributed by atoms with E-state index in [2.05, 4.69) is 5.90 Å². The van der Waals surface area contributed by atoms with E-state index in [9.17, 15) is 14.4 Å². The molecule has 0 saturated carbocycles. The smallest absolute Gasteiger partial charge is 0.336 e. The fraction of sp³-hybridized carbons (Fsp3) is 0.500. The molecule has 0 saturated heterocycles. The fourth-order valence-electron chi connectivity index (χ4n) is 0.714. The Hall–Kier alpha value is -1.42. The van der Waals surface area contributed by atoms with E-state index >= 15 is 0 Å². The first-order valence-electron chi connectivity index (χ1n) is 3.43. The molecule has 96 valence electrons. The number of halogens is 1. The molecule has 0 aliphatic carbocycles. The predicted octanol–water partition coefficient (Wildman–Crippen LogP) is -1.49. The van der Waals surface area contributed by atoms with Crippen LogP contribution in [-0.2, 0) is 14.4 Å². The van der Waals surface area contributed by atoms with Crippen molar-refractivity contribution in [3.63, 3.8) is 0 Å². The second kappa shape index (κ2) is 8.85. The molecule has 0 radical (unpaired) electrons. The second-order valence-corrected chi connectivity index (χ2v) is 2.48. The first-order chi connectivity index (χ1) is 6.78. The van der Waals surface area contributed by atoms with Gasteiger partial charge in [0.2, 0.25) is 0 Å². The number of nitrogens with two attached hydrogens (primary N) is 1. The molecule has 0 aliphatic heterocycles. The van der Waals surface area contributed by atoms with Gasteiger partial charge in [-0.15, -0.1) is 12.4 Å². The van der Waals surface area contributed by atoms with Crippen molar-refractivity contribution >= 4 is 30.3 Å². The van der Waals surface area contributed by atoms with E-state index in [1.807, 2.05) is 0 Å². The van der Waals surface area contributed by atoms with Gasteiger partial charge in [-0.1, -0.05) is 0 Å². The first-order valence-corrected chi connectivity index (χ1v) is 3.43. The van der Waals surface area contributed by atoms with E-state index in [0.717, 1.165) is 0 Å². The molecule has 7 N–H and O–H groups in total. The SMILES string of the molecule is Cl.NO.O=C(O)CC(O)(CC(=O)O)C(=O)O. The number of aliphatic hydroxyl groups is 1. The molecule has 0 unspecified atom stereocenters. The molecular weight excluding hydrogens is 250 g/mol. The maximum Gasteiger partial charge on any atom is 0.336 e. The molecular formula is C6H12ClNO8. The van der Waals surface area contributed by atoms with Gasteiger partial charge in [0, 0.05) is 0 Å². The minimum absolute atomic E-state index is 0. The zero-order valence-electron chi connectivity index (χ0n) is 7.86. The van der Waals surface area contributed by atoms with Gasteiger partial charge in [-0.3, -0.25) is 9.59 Å². The summed E-state index contributed by atoms with van der Waals surface area (Å²) in [5.41, 5.74) is -2.74. The van der Waals surface area contributed by atoms with Crippen LogP contribution in [0.15, 0.2) is 0 Å². The van der Waals surface area contributed by atoms with E-state index in [0.29, 0.717) is 0 Å². The summed E-state index contributed by atoms with van der Waals surface area (Å²) in [6.07, 6.45) is -2.29. The van der Waals surface area contributed by atoms with Crippen LogP contribution in [0.4, 0.5) is 0 Å². The summed E-state index contributed by atoms with van der Waals surface area (Å²) in [5, 5.41) is 40.3. The number of carbonyl (C=O) groups is 3. The standard InChI is InChI=1S/C6H8O7.ClH.H3NO/c7-3(8)1-6(13,5(11)12)2-4(9)10;;1-2/h13H,1-2H2,(H,7,8)(H,9,10)(H,11,12);1H;2H,1H2. The molecule has 0 aliphatic rings. The zero-order valence-corrected chi connectivity index (χ0v) is 8.68. The molecule has 9 nitrogen and oxygen atoms in total. The van der Waals surface area contributed by atoms with Gasteiger partial charge < -0.3 is 25.6 Å². The molecule has 0 aromatic carbocycles. The van der Waals surface area contributed by atoms with Crippen LogP contribution in [-0.4, -0.2) is 49.1 Å². The molecule has 0 heterocycles. The van der Waals surface area contributed by atoms with Gasteiger partial charge in [-0.05, 0) is 0 Å². The van der Waals surface area contributed by atoms with Crippen molar-refractivity contribution < 1.29 is 40.0 Å². The third kappa shape index (κ3) is 7.94. The Balaban J connectivity index is -0.000000529. The van der Waals surface area contributed by atoms with Crippen molar-refractivity contribution in [1.29, 1.82) is 0 Å². The van der Waals surface area contributed by atoms with E-state index in [4.69, 9.17) is 25.6 Å². The number of hydrogen-bond acceptors (Lipinski definition) is 6. The van der Waals surface area contributed by atoms with Crippen molar-refractivity contribution in [2.45, 2.75) is 18.4 Å². The zero-order chi connectivity index (χ0) is 12.6. The lowest BCUT2D eigenvalue weighted by Crippen LogP contribution is -2.42. The largest absolute Gasteiger partial charge is 0.481 e. The van der Waals surface area contributed by atoms with Gasteiger partial charge in [0.05, 0.1) is 12.8 Å². The average Bonchev–Trinajstić information content (AvgIpc) is 2.04. The summed E-state index contributed by atoms with van der Waals surface area (Å²) in [5.74, 6) is -1.52. The number of carboxylic acids is 3. The molecule has 0 spiro atoms. The quantitative estimate of drug-likeness (QED) is 0.321. The van der Waals surface area contributed by atoms with E-state index in [-0.39, 0.29) is 12.4 Å². The molecule has 0 aromatic heterocycles. The van der Waals surface area contributed by atoms with Gasteiger partial charge in [-0.2, -0.15) is 0 Å². The molecule has 16 heavy (non-hydrogen) atoms. The monoisotopic (exact) mass is 261 g/mol. The summed E-state index contributed by atoms with van der Waals surface area (Å²) in [6, 6.07) is 0. The Morgan fingerprint density at radius 1 is 0.938 bits per heavy atom. The van der Waals surface area contributed by atoms with Gasteiger partial charge >= 0.3 is 17.9 Å². The summed E-state index contributed by atoms with van der Waals surface area (Å²) in [6.45, 7) is 0. The summed E-state index contributed by atoms with van der Waals surface area (Å²) in [7, 11) is 0. The molecule has 0 aromatic rings. The average molecular weight is 262 g/mol. The molecule has 0 amide bonds. The molecule has 0 atom stereocenters. The summed E-state index contributed by atoms with van der Waals surface area (Å²) < 4.78 is 0. The number of hydrogen-bond donors (Lipinski definition) is 6. The van der Waals surface area contributed by atoms with Crippen LogP contribution in [0.5, 0.6) is 0 Å². The normalized spacial score (nSPS) is 9.19. The number of carboxylic acid groups (broad SMARTS) is 3. The fourth-order valence-corrected chi connectivity index (χ4v) is 0.714. The Kier molecular flexibility index (Phi) is 11.1. The Bertz CT molecular complexity index is 239. The van der Waals surface area contributed by atoms with Crippen LogP contribution in [0.3, 0.4) is 0 Å². The van der Waals surface area contributed by atoms with Crippen molar-refractivity contribution in [2.24, 2.45) is 5.90 Å². The van der Waals surface area contributed by atoms with Crippen molar-refractivity contribution in [3.8, 4) is 0 Å². The number of aliphatic carboxylic acids is 3. The Labute approximate surface area is 95.5 Å². The molecule has 0 fully saturated rings. The van der Waals surface area contributed by atoms with Crippen LogP contribution in [0.1, 0.15) is 12.8 Å². The highest BCUT2D eigenvalue weighted by atomic mass is 35.5. The van der Waals surface area contributed by atoms with E-state index in [1.54, 1.807) is 0 Å². The maximum atomic E-state index is 10.3. The lowest BCUT2D eigenvalue weighted by atomic mass is 9.96. The Morgan fingerprint density at radius 2 is 1.19 bits per heavy atom. The van der Waals surface area contributed by atoms with Gasteiger partial charge in [0.1, 0.15) is 0 Å². The molecule has 0 rings (SSSR count). The van der Waals surface area contributed by atoms with Crippen LogP contribution in [0.2, 0.25) is 0 Å². The van der Waals surface area contributed by atoms with E-state index in [1.165, 1.54) is 0 Å². The minimum Gasteiger partial charge on any atom is -0.481 e. The maximum absolute atomic E-state index is 10.3.